The third-order valence-corrected chi connectivity index (χ3v) is 4.77. The van der Waals surface area contributed by atoms with Gasteiger partial charge in [0.2, 0.25) is 5.91 Å². The SMILES string of the molecule is N#CCNC(=O)C(CNC(=O)N1CCNCC1)C1CCCCC1. The number of hydrogen-bond donors (Lipinski definition) is 3. The van der Waals surface area contributed by atoms with E-state index in [0.29, 0.717) is 25.6 Å². The molecule has 2 rings (SSSR count). The molecule has 2 fully saturated rings. The van der Waals surface area contributed by atoms with Crippen molar-refractivity contribution in [3.05, 3.63) is 0 Å². The van der Waals surface area contributed by atoms with Crippen molar-refractivity contribution in [2.75, 3.05) is 39.3 Å². The van der Waals surface area contributed by atoms with Gasteiger partial charge in [0.25, 0.3) is 0 Å². The molecule has 0 aromatic heterocycles. The molecule has 1 aliphatic carbocycles. The van der Waals surface area contributed by atoms with Crippen LogP contribution in [0.3, 0.4) is 0 Å². The molecule has 1 unspecified atom stereocenters. The maximum atomic E-state index is 12.4. The molecule has 0 radical (unpaired) electrons. The number of urea groups is 1. The van der Waals surface area contributed by atoms with E-state index in [1.807, 2.05) is 6.07 Å². The standard InChI is InChI=1S/C16H27N5O2/c17-6-7-19-15(22)14(13-4-2-1-3-5-13)12-20-16(23)21-10-8-18-9-11-21/h13-14,18H,1-5,7-12H2,(H,19,22)(H,20,23). The van der Waals surface area contributed by atoms with Gasteiger partial charge in [0, 0.05) is 32.7 Å². The van der Waals surface area contributed by atoms with E-state index in [-0.39, 0.29) is 24.4 Å². The van der Waals surface area contributed by atoms with Crippen LogP contribution in [0.5, 0.6) is 0 Å². The lowest BCUT2D eigenvalue weighted by Gasteiger charge is -2.31. The molecule has 0 spiro atoms. The van der Waals surface area contributed by atoms with Crippen LogP contribution in [0.2, 0.25) is 0 Å². The smallest absolute Gasteiger partial charge is 0.317 e. The van der Waals surface area contributed by atoms with E-state index in [0.717, 1.165) is 38.8 Å². The van der Waals surface area contributed by atoms with E-state index in [1.54, 1.807) is 4.90 Å². The number of nitrogens with one attached hydrogen (secondary N) is 3. The highest BCUT2D eigenvalue weighted by Crippen LogP contribution is 2.30. The van der Waals surface area contributed by atoms with Gasteiger partial charge in [-0.15, -0.1) is 0 Å². The zero-order chi connectivity index (χ0) is 16.5. The van der Waals surface area contributed by atoms with Gasteiger partial charge in [0.15, 0.2) is 0 Å². The molecule has 7 nitrogen and oxygen atoms in total. The van der Waals surface area contributed by atoms with E-state index in [1.165, 1.54) is 6.42 Å². The second kappa shape index (κ2) is 9.36. The topological polar surface area (TPSA) is 97.3 Å². The van der Waals surface area contributed by atoms with Gasteiger partial charge in [0.05, 0.1) is 12.0 Å². The minimum absolute atomic E-state index is 0.0216. The van der Waals surface area contributed by atoms with Crippen LogP contribution in [0.1, 0.15) is 32.1 Å². The Bertz CT molecular complexity index is 436. The third-order valence-electron chi connectivity index (χ3n) is 4.77. The summed E-state index contributed by atoms with van der Waals surface area (Å²) < 4.78 is 0. The van der Waals surface area contributed by atoms with E-state index >= 15 is 0 Å². The van der Waals surface area contributed by atoms with Crippen molar-refractivity contribution in [1.82, 2.24) is 20.9 Å². The quantitative estimate of drug-likeness (QED) is 0.640. The number of carbonyl (C=O) groups excluding carboxylic acids is 2. The van der Waals surface area contributed by atoms with Gasteiger partial charge in [-0.3, -0.25) is 4.79 Å². The Morgan fingerprint density at radius 1 is 1.17 bits per heavy atom. The summed E-state index contributed by atoms with van der Waals surface area (Å²) in [4.78, 5) is 26.4. The molecule has 0 aromatic rings. The first kappa shape index (κ1) is 17.5. The Hall–Kier alpha value is -1.81. The lowest BCUT2D eigenvalue weighted by Crippen LogP contribution is -2.52. The first-order valence-electron chi connectivity index (χ1n) is 8.60. The van der Waals surface area contributed by atoms with Crippen molar-refractivity contribution in [2.45, 2.75) is 32.1 Å². The summed E-state index contributed by atoms with van der Waals surface area (Å²) in [5.74, 6) is -0.0552. The molecule has 3 amide bonds. The first-order valence-corrected chi connectivity index (χ1v) is 8.60. The molecule has 128 valence electrons. The summed E-state index contributed by atoms with van der Waals surface area (Å²) in [6.07, 6.45) is 5.54. The lowest BCUT2D eigenvalue weighted by atomic mass is 9.79. The second-order valence-corrected chi connectivity index (χ2v) is 6.30. The highest BCUT2D eigenvalue weighted by molar-refractivity contribution is 5.81. The lowest BCUT2D eigenvalue weighted by molar-refractivity contribution is -0.126. The van der Waals surface area contributed by atoms with Crippen molar-refractivity contribution in [3.63, 3.8) is 0 Å². The van der Waals surface area contributed by atoms with Gasteiger partial charge < -0.3 is 20.9 Å². The van der Waals surface area contributed by atoms with Crippen molar-refractivity contribution in [1.29, 1.82) is 5.26 Å². The molecule has 7 heteroatoms. The molecule has 1 aliphatic heterocycles. The molecule has 23 heavy (non-hydrogen) atoms. The Morgan fingerprint density at radius 2 is 1.87 bits per heavy atom. The highest BCUT2D eigenvalue weighted by Gasteiger charge is 2.30. The van der Waals surface area contributed by atoms with E-state index < -0.39 is 0 Å². The van der Waals surface area contributed by atoms with Crippen LogP contribution in [0.25, 0.3) is 0 Å². The fourth-order valence-electron chi connectivity index (χ4n) is 3.44. The zero-order valence-electron chi connectivity index (χ0n) is 13.6. The molecule has 2 aliphatic rings. The maximum absolute atomic E-state index is 12.4. The minimum Gasteiger partial charge on any atom is -0.343 e. The zero-order valence-corrected chi connectivity index (χ0v) is 13.6. The predicted molar refractivity (Wildman–Crippen MR) is 86.5 cm³/mol. The molecule has 1 atom stereocenters. The fourth-order valence-corrected chi connectivity index (χ4v) is 3.44. The first-order chi connectivity index (χ1) is 11.2. The summed E-state index contributed by atoms with van der Waals surface area (Å²) in [6.45, 7) is 3.38. The van der Waals surface area contributed by atoms with Crippen LogP contribution in [-0.4, -0.2) is 56.1 Å². The van der Waals surface area contributed by atoms with Crippen molar-refractivity contribution < 1.29 is 9.59 Å². The van der Waals surface area contributed by atoms with Crippen LogP contribution in [0.15, 0.2) is 0 Å². The van der Waals surface area contributed by atoms with Crippen LogP contribution in [-0.2, 0) is 4.79 Å². The molecule has 1 saturated heterocycles. The van der Waals surface area contributed by atoms with Crippen molar-refractivity contribution in [3.8, 4) is 6.07 Å². The van der Waals surface area contributed by atoms with Gasteiger partial charge in [-0.25, -0.2) is 4.79 Å². The molecule has 1 heterocycles. The number of hydrogen-bond acceptors (Lipinski definition) is 4. The monoisotopic (exact) mass is 321 g/mol. The summed E-state index contributed by atoms with van der Waals surface area (Å²) in [6, 6.07) is 1.84. The summed E-state index contributed by atoms with van der Waals surface area (Å²) in [5, 5.41) is 17.4. The number of nitriles is 1. The van der Waals surface area contributed by atoms with Crippen LogP contribution < -0.4 is 16.0 Å². The molecule has 0 bridgehead atoms. The predicted octanol–water partition coefficient (Wildman–Crippen LogP) is 0.437. The number of piperazine rings is 1. The maximum Gasteiger partial charge on any atom is 0.317 e. The number of rotatable bonds is 5. The normalized spacial score (nSPS) is 20.4. The van der Waals surface area contributed by atoms with Gasteiger partial charge in [-0.1, -0.05) is 19.3 Å². The fraction of sp³-hybridized carbons (Fsp3) is 0.812. The minimum atomic E-state index is -0.240. The molecular formula is C16H27N5O2. The molecule has 0 aromatic carbocycles. The summed E-state index contributed by atoms with van der Waals surface area (Å²) in [7, 11) is 0. The number of amides is 3. The third kappa shape index (κ3) is 5.39. The summed E-state index contributed by atoms with van der Waals surface area (Å²) in [5.41, 5.74) is 0. The Morgan fingerprint density at radius 3 is 2.52 bits per heavy atom. The highest BCUT2D eigenvalue weighted by atomic mass is 16.2. The van der Waals surface area contributed by atoms with Crippen molar-refractivity contribution in [2.24, 2.45) is 11.8 Å². The Balaban J connectivity index is 1.89. The van der Waals surface area contributed by atoms with Gasteiger partial charge in [-0.2, -0.15) is 5.26 Å². The number of carbonyl (C=O) groups is 2. The van der Waals surface area contributed by atoms with E-state index in [9.17, 15) is 9.59 Å². The summed E-state index contributed by atoms with van der Waals surface area (Å²) >= 11 is 0. The molecular weight excluding hydrogens is 294 g/mol. The number of nitrogens with zero attached hydrogens (tertiary/aromatic N) is 2. The average molecular weight is 321 g/mol. The van der Waals surface area contributed by atoms with Crippen LogP contribution in [0.4, 0.5) is 4.79 Å². The largest absolute Gasteiger partial charge is 0.343 e. The van der Waals surface area contributed by atoms with Gasteiger partial charge in [-0.05, 0) is 18.8 Å². The van der Waals surface area contributed by atoms with Gasteiger partial charge >= 0.3 is 6.03 Å². The van der Waals surface area contributed by atoms with E-state index in [2.05, 4.69) is 16.0 Å². The molecule has 3 N–H and O–H groups in total. The van der Waals surface area contributed by atoms with Gasteiger partial charge in [0.1, 0.15) is 6.54 Å². The molecule has 1 saturated carbocycles. The van der Waals surface area contributed by atoms with Crippen LogP contribution in [0, 0.1) is 23.2 Å². The Kier molecular flexibility index (Phi) is 7.14. The Labute approximate surface area is 137 Å². The average Bonchev–Trinajstić information content (AvgIpc) is 2.61. The van der Waals surface area contributed by atoms with E-state index in [4.69, 9.17) is 5.26 Å². The second-order valence-electron chi connectivity index (χ2n) is 6.30. The van der Waals surface area contributed by atoms with Crippen LogP contribution >= 0.6 is 0 Å². The van der Waals surface area contributed by atoms with Crippen molar-refractivity contribution >= 4 is 11.9 Å².